The van der Waals surface area contributed by atoms with Crippen LogP contribution in [0.2, 0.25) is 0 Å². The van der Waals surface area contributed by atoms with Crippen molar-refractivity contribution in [2.75, 3.05) is 26.1 Å². The summed E-state index contributed by atoms with van der Waals surface area (Å²) in [7, 11) is 4.71. The van der Waals surface area contributed by atoms with Crippen molar-refractivity contribution in [2.24, 2.45) is 0 Å². The number of allylic oxidation sites excluding steroid dienone is 4. The van der Waals surface area contributed by atoms with Crippen molar-refractivity contribution < 1.29 is 31.7 Å². The van der Waals surface area contributed by atoms with Crippen molar-refractivity contribution in [3.63, 3.8) is 0 Å². The van der Waals surface area contributed by atoms with Gasteiger partial charge in [0.25, 0.3) is 0 Å². The summed E-state index contributed by atoms with van der Waals surface area (Å²) in [5, 5.41) is 14.0. The number of aromatic nitrogens is 1. The molecule has 0 saturated carbocycles. The number of carbonyl (C=O) groups is 1. The Bertz CT molecular complexity index is 1280. The first kappa shape index (κ1) is 24.0. The van der Waals surface area contributed by atoms with Gasteiger partial charge in [-0.1, -0.05) is 36.4 Å². The third-order valence-electron chi connectivity index (χ3n) is 5.33. The summed E-state index contributed by atoms with van der Waals surface area (Å²) in [6, 6.07) is 19.0. The third-order valence-corrected chi connectivity index (χ3v) is 5.33. The van der Waals surface area contributed by atoms with Gasteiger partial charge in [0.05, 0.1) is 12.5 Å². The maximum absolute atomic E-state index is 12.9. The molecule has 3 aromatic rings. The third kappa shape index (κ3) is 4.75. The molecule has 1 aromatic heterocycles. The Hall–Kier alpha value is -3.67. The van der Waals surface area contributed by atoms with Gasteiger partial charge < -0.3 is 14.7 Å². The second kappa shape index (κ2) is 10.3. The smallest absolute Gasteiger partial charge is 0.859 e. The first-order valence-corrected chi connectivity index (χ1v) is 10.1. The molecule has 2 amide bonds. The van der Waals surface area contributed by atoms with E-state index >= 15 is 0 Å². The second-order valence-electron chi connectivity index (χ2n) is 7.32. The average molecular weight is 481 g/mol. The summed E-state index contributed by atoms with van der Waals surface area (Å²) in [5.74, 6) is 0.738. The Morgan fingerprint density at radius 1 is 1.00 bits per heavy atom. The number of pyridine rings is 1. The van der Waals surface area contributed by atoms with Gasteiger partial charge in [-0.2, -0.15) is 18.2 Å². The number of benzene rings is 1. The second-order valence-corrected chi connectivity index (χ2v) is 7.32. The van der Waals surface area contributed by atoms with E-state index in [4.69, 9.17) is 4.74 Å². The average Bonchev–Trinajstić information content (AvgIpc) is 3.58. The number of hydrogen-bond acceptors (Lipinski definition) is 4. The number of rotatable bonds is 2. The van der Waals surface area contributed by atoms with Crippen molar-refractivity contribution in [3.8, 4) is 16.9 Å². The van der Waals surface area contributed by atoms with E-state index in [1.54, 1.807) is 14.2 Å². The van der Waals surface area contributed by atoms with Gasteiger partial charge in [-0.05, 0) is 35.2 Å². The molecule has 0 unspecified atom stereocenters. The van der Waals surface area contributed by atoms with Crippen LogP contribution in [0.3, 0.4) is 0 Å². The van der Waals surface area contributed by atoms with E-state index in [0.29, 0.717) is 16.4 Å². The first-order valence-electron chi connectivity index (χ1n) is 10.1. The molecule has 0 spiro atoms. The Labute approximate surface area is 203 Å². The van der Waals surface area contributed by atoms with Gasteiger partial charge in [0.15, 0.2) is 0 Å². The molecular weight excluding hydrogens is 458 g/mol. The monoisotopic (exact) mass is 481 g/mol. The predicted molar refractivity (Wildman–Crippen MR) is 124 cm³/mol. The summed E-state index contributed by atoms with van der Waals surface area (Å²) in [5.41, 5.74) is 2.52. The molecule has 1 aliphatic carbocycles. The molecule has 0 fully saturated rings. The summed E-state index contributed by atoms with van der Waals surface area (Å²) < 4.78 is 5.23. The minimum absolute atomic E-state index is 0. The van der Waals surface area contributed by atoms with Crippen molar-refractivity contribution >= 4 is 23.3 Å². The van der Waals surface area contributed by atoms with Crippen LogP contribution in [0.5, 0.6) is 5.75 Å². The number of anilines is 1. The van der Waals surface area contributed by atoms with Gasteiger partial charge in [-0.3, -0.25) is 4.90 Å². The van der Waals surface area contributed by atoms with Crippen LogP contribution in [-0.2, 0) is 17.1 Å². The van der Waals surface area contributed by atoms with Gasteiger partial charge in [-0.15, -0.1) is 0 Å². The van der Waals surface area contributed by atoms with Crippen molar-refractivity contribution in [3.05, 3.63) is 95.5 Å². The molecule has 7 heteroatoms. The summed E-state index contributed by atoms with van der Waals surface area (Å²) in [6.07, 6.45) is 7.75. The standard InChI is InChI=1S/C21H19N3O3.C5H5.Fe/c1-23-19-18(20(25)24(2)21(23)26)16(13-8-10-15(27-3)11-9-13)12-17(22-19)14-6-4-5-7-14;1-2-4-5-3-1;/h4-12,25H,1-3H3;1-5H;/q;-1;+2/p-1. The molecule has 2 heterocycles. The SMILES string of the molecule is COc1ccc(-c2cc(=C3C=CC=C3)nc3c2=C([O-])N(C)C(=O)N3C)cc1.[Fe+2].c1cc[cH-]c1. The molecule has 168 valence electrons. The van der Waals surface area contributed by atoms with Crippen molar-refractivity contribution in [2.45, 2.75) is 0 Å². The fourth-order valence-electron chi connectivity index (χ4n) is 3.57. The topological polar surface area (TPSA) is 68.7 Å². The minimum Gasteiger partial charge on any atom is -0.859 e. The maximum atomic E-state index is 12.9. The van der Waals surface area contributed by atoms with E-state index in [0.717, 1.165) is 27.3 Å². The zero-order valence-corrected chi connectivity index (χ0v) is 19.6. The van der Waals surface area contributed by atoms with Crippen LogP contribution in [0.1, 0.15) is 0 Å². The van der Waals surface area contributed by atoms with E-state index in [2.05, 4.69) is 4.98 Å². The Morgan fingerprint density at radius 3 is 2.18 bits per heavy atom. The molecule has 2 aromatic carbocycles. The van der Waals surface area contributed by atoms with Crippen LogP contribution in [0, 0.1) is 0 Å². The number of carbonyl (C=O) groups excluding carboxylic acids is 1. The molecule has 0 atom stereocenters. The van der Waals surface area contributed by atoms with Gasteiger partial charge in [-0.25, -0.2) is 21.9 Å². The Kier molecular flexibility index (Phi) is 7.48. The van der Waals surface area contributed by atoms with Crippen LogP contribution in [0.15, 0.2) is 85.0 Å². The molecule has 0 radical (unpaired) electrons. The quantitative estimate of drug-likeness (QED) is 0.417. The number of ether oxygens (including phenoxy) is 1. The Morgan fingerprint density at radius 2 is 1.64 bits per heavy atom. The number of amides is 2. The van der Waals surface area contributed by atoms with Gasteiger partial charge in [0, 0.05) is 24.9 Å². The fraction of sp³-hybridized carbons (Fsp3) is 0.115. The molecule has 2 aliphatic rings. The van der Waals surface area contributed by atoms with Crippen molar-refractivity contribution in [1.29, 1.82) is 0 Å². The molecular formula is C26H23FeN3O3. The normalized spacial score (nSPS) is 14.0. The largest absolute Gasteiger partial charge is 2.00 e. The van der Waals surface area contributed by atoms with E-state index in [1.165, 1.54) is 11.9 Å². The summed E-state index contributed by atoms with van der Waals surface area (Å²) in [6.45, 7) is 0. The van der Waals surface area contributed by atoms with Crippen LogP contribution in [0.4, 0.5) is 10.6 Å². The number of hydrogen-bond donors (Lipinski definition) is 0. The molecule has 0 N–H and O–H groups in total. The number of urea groups is 1. The van der Waals surface area contributed by atoms with Gasteiger partial charge in [0.1, 0.15) is 11.6 Å². The van der Waals surface area contributed by atoms with Crippen molar-refractivity contribution in [1.82, 2.24) is 9.88 Å². The molecule has 6 nitrogen and oxygen atoms in total. The van der Waals surface area contributed by atoms with Gasteiger partial charge in [0.2, 0.25) is 0 Å². The van der Waals surface area contributed by atoms with Crippen LogP contribution in [-0.4, -0.2) is 37.1 Å². The van der Waals surface area contributed by atoms with E-state index in [1.807, 2.05) is 85.0 Å². The number of methoxy groups -OCH3 is 1. The molecule has 0 bridgehead atoms. The first-order chi connectivity index (χ1) is 15.5. The van der Waals surface area contributed by atoms with E-state index in [9.17, 15) is 9.90 Å². The zero-order valence-electron chi connectivity index (χ0n) is 18.5. The van der Waals surface area contributed by atoms with Gasteiger partial charge >= 0.3 is 23.1 Å². The fourth-order valence-corrected chi connectivity index (χ4v) is 3.57. The maximum Gasteiger partial charge on any atom is 2.00 e. The summed E-state index contributed by atoms with van der Waals surface area (Å²) >= 11 is 0. The zero-order chi connectivity index (χ0) is 22.7. The van der Waals surface area contributed by atoms with E-state index in [-0.39, 0.29) is 23.0 Å². The minimum atomic E-state index is -0.402. The van der Waals surface area contributed by atoms with Crippen LogP contribution in [0.25, 0.3) is 22.6 Å². The number of nitrogens with zero attached hydrogens (tertiary/aromatic N) is 3. The molecule has 33 heavy (non-hydrogen) atoms. The Balaban J connectivity index is 0.000000453. The predicted octanol–water partition coefficient (Wildman–Crippen LogP) is 2.36. The molecule has 0 saturated heterocycles. The van der Waals surface area contributed by atoms with Crippen LogP contribution >= 0.6 is 0 Å². The summed E-state index contributed by atoms with van der Waals surface area (Å²) in [4.78, 5) is 19.5. The molecule has 1 aliphatic heterocycles. The molecule has 5 rings (SSSR count). The number of fused-ring (bicyclic) bond motifs is 1. The van der Waals surface area contributed by atoms with Crippen LogP contribution < -0.4 is 25.3 Å². The van der Waals surface area contributed by atoms with E-state index < -0.39 is 6.03 Å².